The second-order valence-electron chi connectivity index (χ2n) is 14.9. The molecule has 3 aromatic heterocycles. The van der Waals surface area contributed by atoms with E-state index in [1.807, 2.05) is 78.9 Å². The number of fused-ring (bicyclic) bond motifs is 5. The molecule has 0 N–H and O–H groups in total. The number of hydrogen-bond acceptors (Lipinski definition) is 5. The summed E-state index contributed by atoms with van der Waals surface area (Å²) in [7, 11) is 0. The number of benzene rings is 8. The molecule has 0 aliphatic carbocycles. The summed E-state index contributed by atoms with van der Waals surface area (Å²) in [5.41, 5.74) is 12.4. The van der Waals surface area contributed by atoms with Crippen LogP contribution in [-0.2, 0) is 0 Å². The predicted molar refractivity (Wildman–Crippen MR) is 246 cm³/mol. The van der Waals surface area contributed by atoms with Crippen LogP contribution in [0.15, 0.2) is 212 Å². The van der Waals surface area contributed by atoms with Gasteiger partial charge in [0, 0.05) is 49.7 Å². The summed E-state index contributed by atoms with van der Waals surface area (Å²) in [5, 5.41) is 5.49. The van der Waals surface area contributed by atoms with Crippen LogP contribution in [0, 0.1) is 0 Å². The third-order valence-corrected chi connectivity index (χ3v) is 11.1. The van der Waals surface area contributed by atoms with Gasteiger partial charge in [-0.1, -0.05) is 188 Å². The molecule has 11 rings (SSSR count). The SMILES string of the molecule is c1ccc(-c2cc(-c3ccccc3)nc(-c3ccc4c(ccc5c6ccc(-c7nc(-c8ccccc8)cc(-c8ccccc8)n7)cc6nc(-c6ccccc6)c45)c3)n2)cc1. The van der Waals surface area contributed by atoms with Gasteiger partial charge in [0.15, 0.2) is 11.6 Å². The van der Waals surface area contributed by atoms with Crippen molar-refractivity contribution in [3.05, 3.63) is 212 Å². The smallest absolute Gasteiger partial charge is 0.160 e. The lowest BCUT2D eigenvalue weighted by atomic mass is 9.93. The molecule has 0 aliphatic rings. The third kappa shape index (κ3) is 6.54. The van der Waals surface area contributed by atoms with Gasteiger partial charge < -0.3 is 0 Å². The van der Waals surface area contributed by atoms with Crippen molar-refractivity contribution in [2.24, 2.45) is 0 Å². The monoisotopic (exact) mass is 765 g/mol. The second-order valence-corrected chi connectivity index (χ2v) is 14.9. The van der Waals surface area contributed by atoms with Crippen LogP contribution >= 0.6 is 0 Å². The lowest BCUT2D eigenvalue weighted by Gasteiger charge is -2.15. The quantitative estimate of drug-likeness (QED) is 0.151. The molecule has 0 radical (unpaired) electrons. The molecule has 0 fully saturated rings. The molecule has 3 heterocycles. The maximum atomic E-state index is 5.46. The molecular formula is C55H35N5. The van der Waals surface area contributed by atoms with Crippen molar-refractivity contribution in [3.8, 4) is 79.1 Å². The Kier molecular flexibility index (Phi) is 8.75. The van der Waals surface area contributed by atoms with Gasteiger partial charge in [0.1, 0.15) is 0 Å². The molecule has 0 saturated carbocycles. The second kappa shape index (κ2) is 15.0. The molecule has 0 atom stereocenters. The molecule has 0 aliphatic heterocycles. The summed E-state index contributed by atoms with van der Waals surface area (Å²) < 4.78 is 0. The van der Waals surface area contributed by atoms with Gasteiger partial charge in [-0.2, -0.15) is 0 Å². The molecule has 60 heavy (non-hydrogen) atoms. The van der Waals surface area contributed by atoms with E-state index in [1.54, 1.807) is 0 Å². The molecular weight excluding hydrogens is 731 g/mol. The molecule has 0 bridgehead atoms. The van der Waals surface area contributed by atoms with Crippen LogP contribution in [0.25, 0.3) is 112 Å². The van der Waals surface area contributed by atoms with Crippen LogP contribution in [0.3, 0.4) is 0 Å². The van der Waals surface area contributed by atoms with Crippen molar-refractivity contribution >= 4 is 32.4 Å². The average Bonchev–Trinajstić information content (AvgIpc) is 3.34. The molecule has 280 valence electrons. The van der Waals surface area contributed by atoms with Crippen LogP contribution in [0.2, 0.25) is 0 Å². The number of pyridine rings is 1. The van der Waals surface area contributed by atoms with E-state index in [9.17, 15) is 0 Å². The minimum absolute atomic E-state index is 0.653. The van der Waals surface area contributed by atoms with E-state index in [0.29, 0.717) is 11.6 Å². The Labute approximate surface area is 347 Å². The largest absolute Gasteiger partial charge is 0.247 e. The van der Waals surface area contributed by atoms with Gasteiger partial charge in [-0.15, -0.1) is 0 Å². The number of aromatic nitrogens is 5. The van der Waals surface area contributed by atoms with Crippen molar-refractivity contribution in [1.29, 1.82) is 0 Å². The summed E-state index contributed by atoms with van der Waals surface area (Å²) in [6, 6.07) is 73.2. The van der Waals surface area contributed by atoms with Crippen LogP contribution < -0.4 is 0 Å². The maximum absolute atomic E-state index is 5.46. The lowest BCUT2D eigenvalue weighted by molar-refractivity contribution is 1.18. The van der Waals surface area contributed by atoms with Crippen LogP contribution in [-0.4, -0.2) is 24.9 Å². The first-order chi connectivity index (χ1) is 29.7. The zero-order chi connectivity index (χ0) is 39.8. The van der Waals surface area contributed by atoms with E-state index >= 15 is 0 Å². The highest BCUT2D eigenvalue weighted by Gasteiger charge is 2.18. The zero-order valence-electron chi connectivity index (χ0n) is 32.4. The summed E-state index contributed by atoms with van der Waals surface area (Å²) in [5.74, 6) is 1.33. The van der Waals surface area contributed by atoms with Gasteiger partial charge in [0.25, 0.3) is 0 Å². The average molecular weight is 766 g/mol. The van der Waals surface area contributed by atoms with Crippen LogP contribution in [0.5, 0.6) is 0 Å². The van der Waals surface area contributed by atoms with Gasteiger partial charge in [0.2, 0.25) is 0 Å². The molecule has 0 amide bonds. The van der Waals surface area contributed by atoms with Crippen LogP contribution in [0.4, 0.5) is 0 Å². The molecule has 11 aromatic rings. The van der Waals surface area contributed by atoms with E-state index < -0.39 is 0 Å². The Morgan fingerprint density at radius 2 is 0.633 bits per heavy atom. The van der Waals surface area contributed by atoms with E-state index in [-0.39, 0.29) is 0 Å². The molecule has 0 spiro atoms. The summed E-state index contributed by atoms with van der Waals surface area (Å²) >= 11 is 0. The molecule has 8 aromatic carbocycles. The van der Waals surface area contributed by atoms with E-state index in [0.717, 1.165) is 99.9 Å². The third-order valence-electron chi connectivity index (χ3n) is 11.1. The van der Waals surface area contributed by atoms with Crippen molar-refractivity contribution in [1.82, 2.24) is 24.9 Å². The first kappa shape index (κ1) is 35.0. The van der Waals surface area contributed by atoms with E-state index in [4.69, 9.17) is 24.9 Å². The van der Waals surface area contributed by atoms with Gasteiger partial charge >= 0.3 is 0 Å². The van der Waals surface area contributed by atoms with E-state index in [1.165, 1.54) is 0 Å². The van der Waals surface area contributed by atoms with Gasteiger partial charge in [-0.25, -0.2) is 24.9 Å². The Bertz CT molecular complexity index is 3220. The zero-order valence-corrected chi connectivity index (χ0v) is 32.4. The van der Waals surface area contributed by atoms with Gasteiger partial charge in [0.05, 0.1) is 34.0 Å². The minimum Gasteiger partial charge on any atom is -0.247 e. The topological polar surface area (TPSA) is 64.5 Å². The normalized spacial score (nSPS) is 11.3. The maximum Gasteiger partial charge on any atom is 0.160 e. The van der Waals surface area contributed by atoms with Crippen molar-refractivity contribution in [2.75, 3.05) is 0 Å². The number of hydrogen-bond donors (Lipinski definition) is 0. The summed E-state index contributed by atoms with van der Waals surface area (Å²) in [6.07, 6.45) is 0. The van der Waals surface area contributed by atoms with Crippen molar-refractivity contribution in [2.45, 2.75) is 0 Å². The Hall–Kier alpha value is -8.15. The lowest BCUT2D eigenvalue weighted by Crippen LogP contribution is -1.97. The predicted octanol–water partition coefficient (Wildman–Crippen LogP) is 13.8. The Morgan fingerprint density at radius 1 is 0.250 bits per heavy atom. The molecule has 5 heteroatoms. The number of rotatable bonds is 7. The van der Waals surface area contributed by atoms with E-state index in [2.05, 4.69) is 133 Å². The fourth-order valence-corrected chi connectivity index (χ4v) is 8.10. The molecule has 5 nitrogen and oxygen atoms in total. The van der Waals surface area contributed by atoms with Crippen molar-refractivity contribution in [3.63, 3.8) is 0 Å². The highest BCUT2D eigenvalue weighted by molar-refractivity contribution is 6.21. The first-order valence-corrected chi connectivity index (χ1v) is 20.1. The standard InChI is InChI=1S/C55H35N5/c1-6-16-36(17-7-1)47-34-48(37-18-8-2-9-19-37)58-54(57-47)42-27-29-44-41(32-42)26-31-46-45-30-28-43(33-51(45)56-53(52(44)46)40-24-14-5-15-25-40)55-59-49(38-20-10-3-11-21-38)35-50(60-55)39-22-12-4-13-23-39/h1-35H. The summed E-state index contributed by atoms with van der Waals surface area (Å²) in [6.45, 7) is 0. The van der Waals surface area contributed by atoms with Crippen LogP contribution in [0.1, 0.15) is 0 Å². The first-order valence-electron chi connectivity index (χ1n) is 20.1. The summed E-state index contributed by atoms with van der Waals surface area (Å²) in [4.78, 5) is 25.9. The number of nitrogens with zero attached hydrogens (tertiary/aromatic N) is 5. The molecule has 0 saturated heterocycles. The molecule has 0 unspecified atom stereocenters. The Morgan fingerprint density at radius 3 is 1.08 bits per heavy atom. The fourth-order valence-electron chi connectivity index (χ4n) is 8.10. The van der Waals surface area contributed by atoms with Gasteiger partial charge in [-0.05, 0) is 40.4 Å². The van der Waals surface area contributed by atoms with Gasteiger partial charge in [-0.3, -0.25) is 0 Å². The highest BCUT2D eigenvalue weighted by atomic mass is 14.9. The highest BCUT2D eigenvalue weighted by Crippen LogP contribution is 2.40. The minimum atomic E-state index is 0.653. The van der Waals surface area contributed by atoms with Crippen molar-refractivity contribution < 1.29 is 0 Å². The fraction of sp³-hybridized carbons (Fsp3) is 0. The Balaban J connectivity index is 1.08.